The van der Waals surface area contributed by atoms with Gasteiger partial charge in [-0.25, -0.2) is 0 Å². The monoisotopic (exact) mass is 675 g/mol. The standard InChI is InChI=1S/C46H90O2/c1-4-5-6-7-8-9-10-24-28-31-34-37-40-43-46(47)48-44-41-38-35-32-29-26-23-21-19-17-15-13-11-12-14-16-18-20-22-25-27-30-33-36-39-42-45(2)3/h9-10,45H,4-8,11-44H2,1-3H3/b10-9-. The molecule has 0 rings (SSSR count). The van der Waals surface area contributed by atoms with E-state index >= 15 is 0 Å². The summed E-state index contributed by atoms with van der Waals surface area (Å²) in [4.78, 5) is 12.0. The Bertz CT molecular complexity index is 624. The minimum atomic E-state index is 0.0191. The van der Waals surface area contributed by atoms with Crippen molar-refractivity contribution >= 4 is 5.97 Å². The topological polar surface area (TPSA) is 26.3 Å². The van der Waals surface area contributed by atoms with E-state index in [0.29, 0.717) is 13.0 Å². The molecule has 48 heavy (non-hydrogen) atoms. The van der Waals surface area contributed by atoms with Gasteiger partial charge in [-0.15, -0.1) is 0 Å². The van der Waals surface area contributed by atoms with Crippen LogP contribution in [0.15, 0.2) is 12.2 Å². The summed E-state index contributed by atoms with van der Waals surface area (Å²) in [5, 5.41) is 0. The Labute approximate surface area is 304 Å². The van der Waals surface area contributed by atoms with E-state index in [-0.39, 0.29) is 5.97 Å². The van der Waals surface area contributed by atoms with Gasteiger partial charge in [0.1, 0.15) is 0 Å². The molecule has 0 radical (unpaired) electrons. The lowest BCUT2D eigenvalue weighted by Crippen LogP contribution is -2.05. The number of carbonyl (C=O) groups is 1. The van der Waals surface area contributed by atoms with Gasteiger partial charge in [0.15, 0.2) is 0 Å². The number of carbonyl (C=O) groups excluding carboxylic acids is 1. The summed E-state index contributed by atoms with van der Waals surface area (Å²) in [5.41, 5.74) is 0. The molecule has 0 aliphatic rings. The van der Waals surface area contributed by atoms with Gasteiger partial charge in [0, 0.05) is 6.42 Å². The molecule has 0 aromatic carbocycles. The van der Waals surface area contributed by atoms with Crippen LogP contribution < -0.4 is 0 Å². The normalized spacial score (nSPS) is 11.8. The van der Waals surface area contributed by atoms with E-state index in [9.17, 15) is 4.79 Å². The number of hydrogen-bond donors (Lipinski definition) is 0. The first-order valence-electron chi connectivity index (χ1n) is 22.5. The minimum Gasteiger partial charge on any atom is -0.466 e. The average Bonchev–Trinajstić information content (AvgIpc) is 3.08. The van der Waals surface area contributed by atoms with Gasteiger partial charge in [-0.1, -0.05) is 232 Å². The Morgan fingerprint density at radius 1 is 0.417 bits per heavy atom. The summed E-state index contributed by atoms with van der Waals surface area (Å²) in [6.07, 6.45) is 56.1. The van der Waals surface area contributed by atoms with Crippen molar-refractivity contribution in [3.05, 3.63) is 12.2 Å². The smallest absolute Gasteiger partial charge is 0.305 e. The van der Waals surface area contributed by atoms with Crippen molar-refractivity contribution in [2.45, 2.75) is 265 Å². The molecular weight excluding hydrogens is 585 g/mol. The van der Waals surface area contributed by atoms with Crippen LogP contribution in [0.1, 0.15) is 265 Å². The first-order chi connectivity index (χ1) is 23.7. The molecular formula is C46H90O2. The van der Waals surface area contributed by atoms with Crippen LogP contribution in [-0.4, -0.2) is 12.6 Å². The molecule has 0 aliphatic heterocycles. The molecule has 0 saturated carbocycles. The second kappa shape index (κ2) is 42.4. The van der Waals surface area contributed by atoms with E-state index in [0.717, 1.165) is 25.2 Å². The zero-order valence-electron chi connectivity index (χ0n) is 33.6. The molecule has 0 heterocycles. The van der Waals surface area contributed by atoms with E-state index in [2.05, 4.69) is 32.9 Å². The SMILES string of the molecule is CCCCCC/C=C\CCCCCCCC(=O)OCCCCCCCCCCCCCCCCCCCCCCCCCCCC(C)C. The van der Waals surface area contributed by atoms with Crippen LogP contribution in [0.25, 0.3) is 0 Å². The van der Waals surface area contributed by atoms with Gasteiger partial charge in [-0.2, -0.15) is 0 Å². The molecule has 0 spiro atoms. The summed E-state index contributed by atoms with van der Waals surface area (Å²) in [6.45, 7) is 7.59. The summed E-state index contributed by atoms with van der Waals surface area (Å²) >= 11 is 0. The van der Waals surface area contributed by atoms with Crippen molar-refractivity contribution in [2.75, 3.05) is 6.61 Å². The second-order valence-electron chi connectivity index (χ2n) is 15.9. The molecule has 0 atom stereocenters. The van der Waals surface area contributed by atoms with Crippen LogP contribution >= 0.6 is 0 Å². The van der Waals surface area contributed by atoms with Gasteiger partial charge in [0.25, 0.3) is 0 Å². The molecule has 0 aromatic rings. The van der Waals surface area contributed by atoms with Gasteiger partial charge in [0.2, 0.25) is 0 Å². The highest BCUT2D eigenvalue weighted by Gasteiger charge is 2.03. The van der Waals surface area contributed by atoms with Gasteiger partial charge in [0.05, 0.1) is 6.61 Å². The maximum absolute atomic E-state index is 12.0. The summed E-state index contributed by atoms with van der Waals surface area (Å²) in [6, 6.07) is 0. The summed E-state index contributed by atoms with van der Waals surface area (Å²) < 4.78 is 5.46. The molecule has 0 saturated heterocycles. The van der Waals surface area contributed by atoms with Gasteiger partial charge in [-0.05, 0) is 44.4 Å². The highest BCUT2D eigenvalue weighted by Crippen LogP contribution is 2.17. The van der Waals surface area contributed by atoms with Crippen molar-refractivity contribution in [3.63, 3.8) is 0 Å². The molecule has 286 valence electrons. The molecule has 0 amide bonds. The first kappa shape index (κ1) is 47.2. The predicted octanol–water partition coefficient (Wildman–Crippen LogP) is 16.6. The van der Waals surface area contributed by atoms with Crippen molar-refractivity contribution < 1.29 is 9.53 Å². The fourth-order valence-electron chi connectivity index (χ4n) is 6.97. The van der Waals surface area contributed by atoms with Crippen molar-refractivity contribution in [1.82, 2.24) is 0 Å². The van der Waals surface area contributed by atoms with Crippen LogP contribution in [0, 0.1) is 5.92 Å². The largest absolute Gasteiger partial charge is 0.466 e. The Balaban J connectivity index is 3.15. The number of unbranched alkanes of at least 4 members (excludes halogenated alkanes) is 33. The van der Waals surface area contributed by atoms with Crippen molar-refractivity contribution in [3.8, 4) is 0 Å². The third-order valence-electron chi connectivity index (χ3n) is 10.3. The maximum Gasteiger partial charge on any atom is 0.305 e. The molecule has 0 bridgehead atoms. The van der Waals surface area contributed by atoms with E-state index in [4.69, 9.17) is 4.74 Å². The van der Waals surface area contributed by atoms with Gasteiger partial charge < -0.3 is 4.74 Å². The fraction of sp³-hybridized carbons (Fsp3) is 0.935. The molecule has 0 unspecified atom stereocenters. The Morgan fingerprint density at radius 3 is 1.10 bits per heavy atom. The second-order valence-corrected chi connectivity index (χ2v) is 15.9. The molecule has 2 heteroatoms. The lowest BCUT2D eigenvalue weighted by Gasteiger charge is -2.06. The third kappa shape index (κ3) is 43.2. The lowest BCUT2D eigenvalue weighted by molar-refractivity contribution is -0.143. The molecule has 0 N–H and O–H groups in total. The molecule has 2 nitrogen and oxygen atoms in total. The lowest BCUT2D eigenvalue weighted by atomic mass is 10.0. The van der Waals surface area contributed by atoms with Crippen LogP contribution in [-0.2, 0) is 9.53 Å². The van der Waals surface area contributed by atoms with E-state index in [1.165, 1.54) is 218 Å². The molecule has 0 aliphatic carbocycles. The average molecular weight is 675 g/mol. The summed E-state index contributed by atoms with van der Waals surface area (Å²) in [5.74, 6) is 0.906. The van der Waals surface area contributed by atoms with Gasteiger partial charge in [-0.3, -0.25) is 4.79 Å². The number of ether oxygens (including phenoxy) is 1. The number of allylic oxidation sites excluding steroid dienone is 2. The van der Waals surface area contributed by atoms with Crippen LogP contribution in [0.2, 0.25) is 0 Å². The Morgan fingerprint density at radius 2 is 0.729 bits per heavy atom. The van der Waals surface area contributed by atoms with E-state index < -0.39 is 0 Å². The van der Waals surface area contributed by atoms with Crippen molar-refractivity contribution in [2.24, 2.45) is 5.92 Å². The molecule has 0 fully saturated rings. The zero-order valence-corrected chi connectivity index (χ0v) is 33.6. The fourth-order valence-corrected chi connectivity index (χ4v) is 6.97. The van der Waals surface area contributed by atoms with E-state index in [1.54, 1.807) is 0 Å². The van der Waals surface area contributed by atoms with Crippen molar-refractivity contribution in [1.29, 1.82) is 0 Å². The van der Waals surface area contributed by atoms with Crippen LogP contribution in [0.5, 0.6) is 0 Å². The van der Waals surface area contributed by atoms with Crippen LogP contribution in [0.3, 0.4) is 0 Å². The first-order valence-corrected chi connectivity index (χ1v) is 22.5. The zero-order chi connectivity index (χ0) is 34.9. The quantitative estimate of drug-likeness (QED) is 0.0366. The van der Waals surface area contributed by atoms with E-state index in [1.807, 2.05) is 0 Å². The number of hydrogen-bond acceptors (Lipinski definition) is 2. The number of rotatable bonds is 41. The Hall–Kier alpha value is -0.790. The molecule has 0 aromatic heterocycles. The Kier molecular flexibility index (Phi) is 41.7. The predicted molar refractivity (Wildman–Crippen MR) is 216 cm³/mol. The maximum atomic E-state index is 12.0. The van der Waals surface area contributed by atoms with Crippen LogP contribution in [0.4, 0.5) is 0 Å². The highest BCUT2D eigenvalue weighted by molar-refractivity contribution is 5.69. The third-order valence-corrected chi connectivity index (χ3v) is 10.3. The van der Waals surface area contributed by atoms with Gasteiger partial charge >= 0.3 is 5.97 Å². The highest BCUT2D eigenvalue weighted by atomic mass is 16.5. The number of esters is 1. The summed E-state index contributed by atoms with van der Waals surface area (Å²) in [7, 11) is 0. The minimum absolute atomic E-state index is 0.0191.